The average molecular weight is 192 g/mol. The van der Waals surface area contributed by atoms with Crippen LogP contribution in [0.25, 0.3) is 0 Å². The molecule has 4 heteroatoms. The minimum absolute atomic E-state index is 0.0334. The van der Waals surface area contributed by atoms with Gasteiger partial charge in [0.15, 0.2) is 6.29 Å². The van der Waals surface area contributed by atoms with Gasteiger partial charge in [-0.05, 0) is 25.0 Å². The lowest BCUT2D eigenvalue weighted by molar-refractivity contribution is -0.105. The van der Waals surface area contributed by atoms with Gasteiger partial charge in [-0.2, -0.15) is 0 Å². The Kier molecular flexibility index (Phi) is 1.91. The monoisotopic (exact) mass is 192 g/mol. The lowest BCUT2D eigenvalue weighted by Gasteiger charge is -2.27. The molecule has 2 rings (SSSR count). The Hall–Kier alpha value is -1.58. The van der Waals surface area contributed by atoms with E-state index in [-0.39, 0.29) is 17.8 Å². The van der Waals surface area contributed by atoms with Crippen molar-refractivity contribution in [3.63, 3.8) is 0 Å². The van der Waals surface area contributed by atoms with Gasteiger partial charge >= 0.3 is 0 Å². The lowest BCUT2D eigenvalue weighted by Crippen LogP contribution is -2.37. The van der Waals surface area contributed by atoms with Crippen molar-refractivity contribution < 1.29 is 9.90 Å². The van der Waals surface area contributed by atoms with Gasteiger partial charge in [0.25, 0.3) is 0 Å². The van der Waals surface area contributed by atoms with E-state index in [1.165, 1.54) is 0 Å². The molecular formula is C10H12N2O2. The topological polar surface area (TPSA) is 61.7 Å². The average Bonchev–Trinajstić information content (AvgIpc) is 2.64. The molecule has 0 aromatic carbocycles. The van der Waals surface area contributed by atoms with Gasteiger partial charge in [-0.15, -0.1) is 0 Å². The van der Waals surface area contributed by atoms with E-state index in [9.17, 15) is 9.90 Å². The van der Waals surface area contributed by atoms with E-state index in [1.807, 2.05) is 6.92 Å². The van der Waals surface area contributed by atoms with Crippen LogP contribution in [0.4, 0.5) is 0 Å². The van der Waals surface area contributed by atoms with E-state index < -0.39 is 0 Å². The number of aliphatic hydroxyl groups excluding tert-OH is 1. The predicted molar refractivity (Wildman–Crippen MR) is 53.3 cm³/mol. The highest BCUT2D eigenvalue weighted by Crippen LogP contribution is 2.31. The third-order valence-corrected chi connectivity index (χ3v) is 2.89. The molecular weight excluding hydrogens is 180 g/mol. The standard InChI is InChI=1S/C10H12N2O2/c1-5-7(3-13)10(14)6(2)9-8(5)11-4-12-9/h3-4,8-9,14H,1-2H3,(H,11,12). The summed E-state index contributed by atoms with van der Waals surface area (Å²) in [6.45, 7) is 3.64. The van der Waals surface area contributed by atoms with Crippen molar-refractivity contribution in [2.24, 2.45) is 4.99 Å². The number of hydrogen-bond donors (Lipinski definition) is 2. The number of carbonyl (C=O) groups is 1. The molecule has 1 aliphatic carbocycles. The normalized spacial score (nSPS) is 30.4. The maximum absolute atomic E-state index is 10.8. The van der Waals surface area contributed by atoms with Crippen molar-refractivity contribution in [3.05, 3.63) is 22.5 Å². The maximum Gasteiger partial charge on any atom is 0.153 e. The minimum atomic E-state index is -0.0568. The van der Waals surface area contributed by atoms with Crippen LogP contribution in [-0.2, 0) is 4.79 Å². The number of aldehydes is 1. The van der Waals surface area contributed by atoms with E-state index in [0.717, 1.165) is 11.1 Å². The Labute approximate surface area is 82.0 Å². The fraction of sp³-hybridized carbons (Fsp3) is 0.400. The number of rotatable bonds is 1. The SMILES string of the molecule is CC1=C(O)C(C=O)=C(C)C2NC=NC12. The van der Waals surface area contributed by atoms with Gasteiger partial charge in [0.2, 0.25) is 0 Å². The molecule has 0 saturated heterocycles. The van der Waals surface area contributed by atoms with Crippen molar-refractivity contribution in [3.8, 4) is 0 Å². The zero-order chi connectivity index (χ0) is 10.3. The minimum Gasteiger partial charge on any atom is -0.507 e. The van der Waals surface area contributed by atoms with Crippen molar-refractivity contribution >= 4 is 12.6 Å². The number of aliphatic imine (C=N–C) groups is 1. The summed E-state index contributed by atoms with van der Waals surface area (Å²) in [7, 11) is 0. The first kappa shape index (κ1) is 8.99. The van der Waals surface area contributed by atoms with Crippen LogP contribution in [0.15, 0.2) is 27.5 Å². The van der Waals surface area contributed by atoms with E-state index in [4.69, 9.17) is 0 Å². The molecule has 1 aliphatic heterocycles. The molecule has 0 radical (unpaired) electrons. The van der Waals surface area contributed by atoms with Crippen molar-refractivity contribution in [2.45, 2.75) is 25.9 Å². The Bertz CT molecular complexity index is 380. The number of hydrogen-bond acceptors (Lipinski definition) is 4. The number of aliphatic hydroxyl groups is 1. The summed E-state index contributed by atoms with van der Waals surface area (Å²) >= 11 is 0. The van der Waals surface area contributed by atoms with Crippen LogP contribution in [0.1, 0.15) is 13.8 Å². The predicted octanol–water partition coefficient (Wildman–Crippen LogP) is 0.716. The smallest absolute Gasteiger partial charge is 0.153 e. The Morgan fingerprint density at radius 2 is 2.21 bits per heavy atom. The zero-order valence-electron chi connectivity index (χ0n) is 8.11. The highest BCUT2D eigenvalue weighted by molar-refractivity contribution is 5.83. The third kappa shape index (κ3) is 0.999. The van der Waals surface area contributed by atoms with Gasteiger partial charge in [0, 0.05) is 0 Å². The van der Waals surface area contributed by atoms with Crippen molar-refractivity contribution in [1.29, 1.82) is 0 Å². The second kappa shape index (κ2) is 2.97. The molecule has 14 heavy (non-hydrogen) atoms. The van der Waals surface area contributed by atoms with Crippen molar-refractivity contribution in [1.82, 2.24) is 5.32 Å². The zero-order valence-corrected chi connectivity index (χ0v) is 8.11. The summed E-state index contributed by atoms with van der Waals surface area (Å²) in [5, 5.41) is 12.8. The van der Waals surface area contributed by atoms with Gasteiger partial charge in [-0.25, -0.2) is 0 Å². The molecule has 0 amide bonds. The number of allylic oxidation sites excluding steroid dienone is 1. The lowest BCUT2D eigenvalue weighted by atomic mass is 9.85. The first-order valence-electron chi connectivity index (χ1n) is 4.50. The van der Waals surface area contributed by atoms with Crippen LogP contribution in [0.3, 0.4) is 0 Å². The molecule has 4 nitrogen and oxygen atoms in total. The van der Waals surface area contributed by atoms with Gasteiger partial charge < -0.3 is 10.4 Å². The van der Waals surface area contributed by atoms with Crippen LogP contribution in [0, 0.1) is 0 Å². The molecule has 2 N–H and O–H groups in total. The summed E-state index contributed by atoms with van der Waals surface area (Å²) < 4.78 is 0. The number of nitrogens with one attached hydrogen (secondary N) is 1. The van der Waals surface area contributed by atoms with Crippen LogP contribution >= 0.6 is 0 Å². The molecule has 0 fully saturated rings. The summed E-state index contributed by atoms with van der Waals surface area (Å²) in [6, 6.07) is -0.0233. The highest BCUT2D eigenvalue weighted by atomic mass is 16.3. The molecule has 0 spiro atoms. The quantitative estimate of drug-likeness (QED) is 0.602. The Morgan fingerprint density at radius 3 is 2.86 bits per heavy atom. The van der Waals surface area contributed by atoms with Gasteiger partial charge in [0.05, 0.1) is 18.0 Å². The van der Waals surface area contributed by atoms with Gasteiger partial charge in [-0.1, -0.05) is 0 Å². The molecule has 0 aromatic heterocycles. The van der Waals surface area contributed by atoms with E-state index >= 15 is 0 Å². The molecule has 2 aliphatic rings. The highest BCUT2D eigenvalue weighted by Gasteiger charge is 2.35. The van der Waals surface area contributed by atoms with Crippen LogP contribution < -0.4 is 5.32 Å². The molecule has 0 aromatic rings. The molecule has 1 heterocycles. The number of fused-ring (bicyclic) bond motifs is 1. The Balaban J connectivity index is 2.54. The molecule has 0 bridgehead atoms. The summed E-state index contributed by atoms with van der Waals surface area (Å²) in [5.74, 6) is 0.0830. The first-order chi connectivity index (χ1) is 6.66. The molecule has 0 saturated carbocycles. The maximum atomic E-state index is 10.8. The first-order valence-corrected chi connectivity index (χ1v) is 4.50. The number of nitrogens with zero attached hydrogens (tertiary/aromatic N) is 1. The molecule has 2 unspecified atom stereocenters. The van der Waals surface area contributed by atoms with Gasteiger partial charge in [-0.3, -0.25) is 9.79 Å². The molecule has 2 atom stereocenters. The number of carbonyl (C=O) groups excluding carboxylic acids is 1. The third-order valence-electron chi connectivity index (χ3n) is 2.89. The van der Waals surface area contributed by atoms with Crippen LogP contribution in [0.5, 0.6) is 0 Å². The molecule has 74 valence electrons. The summed E-state index contributed by atoms with van der Waals surface area (Å²) in [5.41, 5.74) is 2.00. The van der Waals surface area contributed by atoms with Gasteiger partial charge in [0.1, 0.15) is 11.8 Å². The summed E-state index contributed by atoms with van der Waals surface area (Å²) in [4.78, 5) is 15.0. The Morgan fingerprint density at radius 1 is 1.50 bits per heavy atom. The largest absolute Gasteiger partial charge is 0.507 e. The second-order valence-electron chi connectivity index (χ2n) is 3.61. The fourth-order valence-electron chi connectivity index (χ4n) is 1.96. The van der Waals surface area contributed by atoms with Crippen molar-refractivity contribution in [2.75, 3.05) is 0 Å². The van der Waals surface area contributed by atoms with E-state index in [0.29, 0.717) is 11.9 Å². The van der Waals surface area contributed by atoms with Crippen LogP contribution in [-0.4, -0.2) is 29.8 Å². The van der Waals surface area contributed by atoms with Crippen LogP contribution in [0.2, 0.25) is 0 Å². The fourth-order valence-corrected chi connectivity index (χ4v) is 1.96. The summed E-state index contributed by atoms with van der Waals surface area (Å²) in [6.07, 6.45) is 2.33. The van der Waals surface area contributed by atoms with E-state index in [1.54, 1.807) is 13.3 Å². The van der Waals surface area contributed by atoms with E-state index in [2.05, 4.69) is 10.3 Å². The second-order valence-corrected chi connectivity index (χ2v) is 3.61.